The number of aliphatic carboxylic acids is 2. The van der Waals surface area contributed by atoms with Gasteiger partial charge in [0.25, 0.3) is 20.2 Å². The monoisotopic (exact) mass is 468 g/mol. The van der Waals surface area contributed by atoms with Gasteiger partial charge in [0.2, 0.25) is 0 Å². The number of benzene rings is 2. The van der Waals surface area contributed by atoms with Gasteiger partial charge in [-0.3, -0.25) is 9.11 Å². The van der Waals surface area contributed by atoms with E-state index in [1.807, 2.05) is 0 Å². The number of carbonyl (C=O) groups is 2. The summed E-state index contributed by atoms with van der Waals surface area (Å²) in [5.41, 5.74) is -0.703. The van der Waals surface area contributed by atoms with Crippen LogP contribution in [-0.4, -0.2) is 61.3 Å². The molecule has 0 fully saturated rings. The summed E-state index contributed by atoms with van der Waals surface area (Å²) in [6.45, 7) is -2.22. The number of hydrogen-bond donors (Lipinski definition) is 4. The van der Waals surface area contributed by atoms with Crippen LogP contribution < -0.4 is 28.3 Å². The van der Waals surface area contributed by atoms with E-state index < -0.39 is 72.2 Å². The summed E-state index contributed by atoms with van der Waals surface area (Å²) in [6.07, 6.45) is 0. The van der Waals surface area contributed by atoms with Crippen LogP contribution in [0, 0.1) is 6.07 Å². The van der Waals surface area contributed by atoms with E-state index in [2.05, 4.69) is 6.07 Å². The van der Waals surface area contributed by atoms with Gasteiger partial charge in [-0.1, -0.05) is 47.5 Å². The van der Waals surface area contributed by atoms with Crippen LogP contribution in [0.5, 0.6) is 11.5 Å². The summed E-state index contributed by atoms with van der Waals surface area (Å²) in [5.74, 6) is -4.91. The number of carboxylic acids is 2. The molecule has 0 radical (unpaired) electrons. The molecule has 0 atom stereocenters. The molecule has 0 unspecified atom stereocenters. The van der Waals surface area contributed by atoms with Crippen molar-refractivity contribution in [3.8, 4) is 22.6 Å². The van der Waals surface area contributed by atoms with Crippen molar-refractivity contribution in [2.75, 3.05) is 13.2 Å². The summed E-state index contributed by atoms with van der Waals surface area (Å²) in [6, 6.07) is 9.01. The van der Waals surface area contributed by atoms with Crippen LogP contribution in [0.3, 0.4) is 0 Å². The normalized spacial score (nSPS) is 11.3. The molecule has 31 heavy (non-hydrogen) atoms. The Labute approximate surface area is 188 Å². The summed E-state index contributed by atoms with van der Waals surface area (Å²) in [5, 5.41) is 17.6. The first-order valence-corrected chi connectivity index (χ1v) is 10.5. The molecule has 0 aliphatic heterocycles. The number of carboxylic acid groups (broad SMARTS) is 2. The Morgan fingerprint density at radius 1 is 0.806 bits per heavy atom. The van der Waals surface area contributed by atoms with Crippen LogP contribution in [0.15, 0.2) is 40.1 Å². The van der Waals surface area contributed by atoms with E-state index in [0.717, 1.165) is 0 Å². The number of rotatable bonds is 9. The van der Waals surface area contributed by atoms with Crippen molar-refractivity contribution < 1.29 is 74.1 Å². The van der Waals surface area contributed by atoms with E-state index >= 15 is 0 Å². The Hall–Kier alpha value is -2.60. The predicted molar refractivity (Wildman–Crippen MR) is 96.6 cm³/mol. The molecule has 2 aromatic rings. The molecule has 0 amide bonds. The predicted octanol–water partition coefficient (Wildman–Crippen LogP) is -2.42. The van der Waals surface area contributed by atoms with Crippen LogP contribution >= 0.6 is 0 Å². The second-order valence-corrected chi connectivity index (χ2v) is 8.21. The quantitative estimate of drug-likeness (QED) is 0.173. The fourth-order valence-electron chi connectivity index (χ4n) is 2.37. The Balaban J connectivity index is 0.00000480. The average molecular weight is 468 g/mol. The maximum Gasteiger partial charge on any atom is 1.00 e. The molecule has 0 aromatic heterocycles. The smallest absolute Gasteiger partial charge is 0.507 e. The molecule has 2 rings (SSSR count). The van der Waals surface area contributed by atoms with Gasteiger partial charge in [-0.25, -0.2) is 18.0 Å². The standard InChI is InChI=1S/C16H13O12S2.Li/c17-12(18)7-27-10-6-11(28-8-13(19)20)15(29(21,22)23)16(30(24,25)26)14(10)9-4-2-1-3-5-9;/h1-5H,7-8H2,(H,17,18)(H,19,20)(H,21,22,23)(H,24,25,26);/q-1;+1. The van der Waals surface area contributed by atoms with E-state index in [1.54, 1.807) is 0 Å². The van der Waals surface area contributed by atoms with Gasteiger partial charge in [0, 0.05) is 21.3 Å². The Bertz CT molecular complexity index is 1190. The largest absolute Gasteiger partial charge is 1.00 e. The Morgan fingerprint density at radius 2 is 1.26 bits per heavy atom. The van der Waals surface area contributed by atoms with E-state index in [4.69, 9.17) is 19.7 Å². The van der Waals surface area contributed by atoms with Gasteiger partial charge in [-0.05, 0) is 0 Å². The van der Waals surface area contributed by atoms with Crippen LogP contribution in [0.25, 0.3) is 11.1 Å². The van der Waals surface area contributed by atoms with Crippen LogP contribution in [0.1, 0.15) is 0 Å². The van der Waals surface area contributed by atoms with Gasteiger partial charge in [-0.15, -0.1) is 0 Å². The first-order chi connectivity index (χ1) is 13.8. The topological polar surface area (TPSA) is 202 Å². The molecule has 0 saturated carbocycles. The molecule has 12 nitrogen and oxygen atoms in total. The Kier molecular flexibility index (Phi) is 8.64. The summed E-state index contributed by atoms with van der Waals surface area (Å²) in [7, 11) is -10.9. The minimum absolute atomic E-state index is 0. The third-order valence-corrected chi connectivity index (χ3v) is 5.31. The van der Waals surface area contributed by atoms with Crippen LogP contribution in [-0.2, 0) is 29.8 Å². The zero-order valence-electron chi connectivity index (χ0n) is 15.7. The molecule has 0 spiro atoms. The summed E-state index contributed by atoms with van der Waals surface area (Å²) < 4.78 is 77.0. The molecule has 4 N–H and O–H groups in total. The zero-order chi connectivity index (χ0) is 22.7. The second kappa shape index (κ2) is 10.1. The summed E-state index contributed by atoms with van der Waals surface area (Å²) >= 11 is 0. The minimum atomic E-state index is -5.43. The van der Waals surface area contributed by atoms with E-state index in [9.17, 15) is 35.5 Å². The number of ether oxygens (including phenoxy) is 2. The first-order valence-electron chi connectivity index (χ1n) is 7.65. The van der Waals surface area contributed by atoms with E-state index in [0.29, 0.717) is 0 Å². The van der Waals surface area contributed by atoms with Crippen molar-refractivity contribution in [1.29, 1.82) is 0 Å². The zero-order valence-corrected chi connectivity index (χ0v) is 17.3. The van der Waals surface area contributed by atoms with Crippen molar-refractivity contribution in [2.24, 2.45) is 0 Å². The average Bonchev–Trinajstić information content (AvgIpc) is 2.62. The molecule has 0 aliphatic carbocycles. The fraction of sp³-hybridized carbons (Fsp3) is 0.125. The van der Waals surface area contributed by atoms with Gasteiger partial charge >= 0.3 is 30.8 Å². The third-order valence-electron chi connectivity index (χ3n) is 3.35. The van der Waals surface area contributed by atoms with Crippen LogP contribution in [0.2, 0.25) is 0 Å². The van der Waals surface area contributed by atoms with Crippen molar-refractivity contribution in [3.63, 3.8) is 0 Å². The maximum atomic E-state index is 12.1. The Morgan fingerprint density at radius 3 is 1.68 bits per heavy atom. The molecular formula is C16H13LiO12S2. The van der Waals surface area contributed by atoms with Gasteiger partial charge < -0.3 is 19.7 Å². The molecule has 0 saturated heterocycles. The van der Waals surface area contributed by atoms with Gasteiger partial charge in [0.1, 0.15) is 0 Å². The molecular weight excluding hydrogens is 455 g/mol. The second-order valence-electron chi connectivity index (χ2n) is 5.50. The fourth-order valence-corrected chi connectivity index (χ4v) is 4.48. The maximum absolute atomic E-state index is 12.1. The van der Waals surface area contributed by atoms with Crippen LogP contribution in [0.4, 0.5) is 0 Å². The van der Waals surface area contributed by atoms with Crippen molar-refractivity contribution >= 4 is 32.2 Å². The SMILES string of the molecule is O=C(O)COc1[c-]c(OCC(=O)O)c(S(=O)(=O)O)c(S(=O)(=O)O)c1-c1ccccc1.[Li+]. The minimum Gasteiger partial charge on any atom is -0.507 e. The van der Waals surface area contributed by atoms with Crippen molar-refractivity contribution in [3.05, 3.63) is 36.4 Å². The molecule has 0 bridgehead atoms. The first kappa shape index (κ1) is 26.4. The van der Waals surface area contributed by atoms with Gasteiger partial charge in [0.15, 0.2) is 13.2 Å². The van der Waals surface area contributed by atoms with Gasteiger partial charge in [0.05, 0.1) is 0 Å². The van der Waals surface area contributed by atoms with Crippen molar-refractivity contribution in [1.82, 2.24) is 0 Å². The number of hydrogen-bond acceptors (Lipinski definition) is 8. The van der Waals surface area contributed by atoms with Crippen molar-refractivity contribution in [2.45, 2.75) is 9.79 Å². The van der Waals surface area contributed by atoms with Gasteiger partial charge in [-0.2, -0.15) is 8.42 Å². The molecule has 162 valence electrons. The molecule has 2 aromatic carbocycles. The summed E-state index contributed by atoms with van der Waals surface area (Å²) in [4.78, 5) is 18.8. The van der Waals surface area contributed by atoms with E-state index in [-0.39, 0.29) is 24.4 Å². The molecule has 0 heterocycles. The van der Waals surface area contributed by atoms with E-state index in [1.165, 1.54) is 30.3 Å². The molecule has 15 heteroatoms. The molecule has 0 aliphatic rings. The third kappa shape index (κ3) is 6.69.